The van der Waals surface area contributed by atoms with E-state index in [1.54, 1.807) is 0 Å². The van der Waals surface area contributed by atoms with Gasteiger partial charge in [0.05, 0.1) is 0 Å². The Balaban J connectivity index is 1.57. The van der Waals surface area contributed by atoms with Crippen LogP contribution in [0.4, 0.5) is 4.79 Å². The van der Waals surface area contributed by atoms with Gasteiger partial charge >= 0.3 is 6.16 Å². The summed E-state index contributed by atoms with van der Waals surface area (Å²) < 4.78 is 11.1. The molecule has 0 radical (unpaired) electrons. The van der Waals surface area contributed by atoms with Gasteiger partial charge in [-0.25, -0.2) is 4.79 Å². The van der Waals surface area contributed by atoms with Crippen LogP contribution in [0.5, 0.6) is 0 Å². The summed E-state index contributed by atoms with van der Waals surface area (Å²) in [4.78, 5) is 12.0. The minimum Gasteiger partial charge on any atom is -0.431 e. The second-order valence-electron chi connectivity index (χ2n) is 8.06. The van der Waals surface area contributed by atoms with Gasteiger partial charge in [0.1, 0.15) is 12.2 Å². The average molecular weight is 339 g/mol. The van der Waals surface area contributed by atoms with Crippen LogP contribution in [0.3, 0.4) is 0 Å². The number of hydrogen-bond donors (Lipinski definition) is 0. The van der Waals surface area contributed by atoms with E-state index in [9.17, 15) is 4.79 Å². The highest BCUT2D eigenvalue weighted by Crippen LogP contribution is 2.32. The van der Waals surface area contributed by atoms with E-state index in [0.717, 1.165) is 37.5 Å². The monoisotopic (exact) mass is 338 g/mol. The van der Waals surface area contributed by atoms with Crippen LogP contribution < -0.4 is 0 Å². The van der Waals surface area contributed by atoms with Crippen LogP contribution >= 0.6 is 0 Å². The first-order valence-electron chi connectivity index (χ1n) is 10.6. The summed E-state index contributed by atoms with van der Waals surface area (Å²) in [5, 5.41) is 0. The third kappa shape index (κ3) is 7.03. The van der Waals surface area contributed by atoms with Gasteiger partial charge in [-0.2, -0.15) is 0 Å². The minimum absolute atomic E-state index is 0.0935. The molecule has 0 saturated heterocycles. The normalized spacial score (nSPS) is 30.8. The average Bonchev–Trinajstić information content (AvgIpc) is 2.59. The van der Waals surface area contributed by atoms with E-state index in [1.807, 2.05) is 0 Å². The predicted octanol–water partition coefficient (Wildman–Crippen LogP) is 6.64. The Morgan fingerprint density at radius 2 is 1.21 bits per heavy atom. The smallest absolute Gasteiger partial charge is 0.431 e. The molecule has 140 valence electrons. The molecule has 0 amide bonds. The van der Waals surface area contributed by atoms with Crippen molar-refractivity contribution in [1.29, 1.82) is 0 Å². The molecule has 2 rings (SSSR count). The molecule has 0 bridgehead atoms. The minimum atomic E-state index is -0.414. The van der Waals surface area contributed by atoms with E-state index in [4.69, 9.17) is 9.47 Å². The van der Waals surface area contributed by atoms with Crippen molar-refractivity contribution in [3.63, 3.8) is 0 Å². The second-order valence-corrected chi connectivity index (χ2v) is 8.06. The molecule has 0 heterocycles. The zero-order valence-corrected chi connectivity index (χ0v) is 15.9. The van der Waals surface area contributed by atoms with Crippen molar-refractivity contribution in [1.82, 2.24) is 0 Å². The van der Waals surface area contributed by atoms with Crippen LogP contribution in [-0.2, 0) is 9.47 Å². The molecule has 0 aromatic heterocycles. The summed E-state index contributed by atoms with van der Waals surface area (Å²) >= 11 is 0. The number of rotatable bonds is 8. The molecule has 3 heteroatoms. The largest absolute Gasteiger partial charge is 0.508 e. The van der Waals surface area contributed by atoms with Crippen molar-refractivity contribution in [2.24, 2.45) is 11.8 Å². The number of ether oxygens (including phenoxy) is 2. The van der Waals surface area contributed by atoms with Gasteiger partial charge < -0.3 is 9.47 Å². The van der Waals surface area contributed by atoms with E-state index in [0.29, 0.717) is 0 Å². The van der Waals surface area contributed by atoms with Crippen LogP contribution in [0.2, 0.25) is 0 Å². The SMILES string of the molecule is CCCCCC1CCC(OC(=O)OC2CCC(CCC)CC2)CC1. The molecule has 2 saturated carbocycles. The fourth-order valence-corrected chi connectivity index (χ4v) is 4.47. The van der Waals surface area contributed by atoms with Crippen molar-refractivity contribution in [3.8, 4) is 0 Å². The number of carbonyl (C=O) groups is 1. The fourth-order valence-electron chi connectivity index (χ4n) is 4.47. The maximum Gasteiger partial charge on any atom is 0.508 e. The summed E-state index contributed by atoms with van der Waals surface area (Å²) in [6.45, 7) is 4.51. The van der Waals surface area contributed by atoms with Gasteiger partial charge in [0.2, 0.25) is 0 Å². The standard InChI is InChI=1S/C21H38O3/c1-3-5-6-8-18-11-15-20(16-12-18)24-21(22)23-19-13-9-17(7-4-2)10-14-19/h17-20H,3-16H2,1-2H3. The van der Waals surface area contributed by atoms with E-state index >= 15 is 0 Å². The summed E-state index contributed by atoms with van der Waals surface area (Å²) in [5.41, 5.74) is 0. The first-order chi connectivity index (χ1) is 11.7. The third-order valence-corrected chi connectivity index (χ3v) is 6.03. The molecule has 2 fully saturated rings. The van der Waals surface area contributed by atoms with E-state index in [-0.39, 0.29) is 12.2 Å². The highest BCUT2D eigenvalue weighted by atomic mass is 16.7. The van der Waals surface area contributed by atoms with Gasteiger partial charge in [0, 0.05) is 0 Å². The Hall–Kier alpha value is -0.730. The van der Waals surface area contributed by atoms with Gasteiger partial charge in [0.15, 0.2) is 0 Å². The second kappa shape index (κ2) is 11.0. The number of hydrogen-bond acceptors (Lipinski definition) is 3. The maximum atomic E-state index is 12.0. The molecular formula is C21H38O3. The molecule has 0 aromatic carbocycles. The van der Waals surface area contributed by atoms with Crippen LogP contribution in [0.25, 0.3) is 0 Å². The van der Waals surface area contributed by atoms with E-state index in [2.05, 4.69) is 13.8 Å². The lowest BCUT2D eigenvalue weighted by Crippen LogP contribution is -2.29. The third-order valence-electron chi connectivity index (χ3n) is 6.03. The van der Waals surface area contributed by atoms with Crippen LogP contribution in [0.1, 0.15) is 104 Å². The molecule has 2 aliphatic rings. The lowest BCUT2D eigenvalue weighted by Gasteiger charge is -2.30. The van der Waals surface area contributed by atoms with Crippen molar-refractivity contribution in [3.05, 3.63) is 0 Å². The van der Waals surface area contributed by atoms with Gasteiger partial charge in [0.25, 0.3) is 0 Å². The van der Waals surface area contributed by atoms with Crippen LogP contribution in [0.15, 0.2) is 0 Å². The van der Waals surface area contributed by atoms with Crippen LogP contribution in [0, 0.1) is 11.8 Å². The molecule has 0 N–H and O–H groups in total. The molecule has 0 atom stereocenters. The lowest BCUT2D eigenvalue weighted by atomic mass is 9.84. The number of carbonyl (C=O) groups excluding carboxylic acids is 1. The van der Waals surface area contributed by atoms with Gasteiger partial charge in [-0.15, -0.1) is 0 Å². The van der Waals surface area contributed by atoms with Gasteiger partial charge in [-0.05, 0) is 63.2 Å². The summed E-state index contributed by atoms with van der Waals surface area (Å²) in [7, 11) is 0. The maximum absolute atomic E-state index is 12.0. The van der Waals surface area contributed by atoms with Crippen molar-refractivity contribution >= 4 is 6.16 Å². The Morgan fingerprint density at radius 3 is 1.67 bits per heavy atom. The topological polar surface area (TPSA) is 35.5 Å². The van der Waals surface area contributed by atoms with E-state index in [1.165, 1.54) is 64.2 Å². The first kappa shape index (κ1) is 19.6. The summed E-state index contributed by atoms with van der Waals surface area (Å²) in [6.07, 6.45) is 16.6. The predicted molar refractivity (Wildman–Crippen MR) is 98.1 cm³/mol. The number of unbranched alkanes of at least 4 members (excludes halogenated alkanes) is 2. The zero-order chi connectivity index (χ0) is 17.2. The molecule has 0 unspecified atom stereocenters. The Labute approximate surface area is 148 Å². The van der Waals surface area contributed by atoms with Gasteiger partial charge in [-0.1, -0.05) is 52.4 Å². The molecule has 0 spiro atoms. The molecule has 0 aromatic rings. The van der Waals surface area contributed by atoms with Crippen molar-refractivity contribution < 1.29 is 14.3 Å². The van der Waals surface area contributed by atoms with Gasteiger partial charge in [-0.3, -0.25) is 0 Å². The molecular weight excluding hydrogens is 300 g/mol. The fraction of sp³-hybridized carbons (Fsp3) is 0.952. The van der Waals surface area contributed by atoms with E-state index < -0.39 is 6.16 Å². The Bertz CT molecular complexity index is 339. The lowest BCUT2D eigenvalue weighted by molar-refractivity contribution is -0.0264. The zero-order valence-electron chi connectivity index (χ0n) is 15.9. The summed E-state index contributed by atoms with van der Waals surface area (Å²) in [6, 6.07) is 0. The van der Waals surface area contributed by atoms with Crippen molar-refractivity contribution in [2.75, 3.05) is 0 Å². The molecule has 24 heavy (non-hydrogen) atoms. The molecule has 2 aliphatic carbocycles. The van der Waals surface area contributed by atoms with Crippen LogP contribution in [-0.4, -0.2) is 18.4 Å². The quantitative estimate of drug-likeness (QED) is 0.367. The highest BCUT2D eigenvalue weighted by molar-refractivity contribution is 5.60. The molecule has 3 nitrogen and oxygen atoms in total. The first-order valence-corrected chi connectivity index (χ1v) is 10.6. The van der Waals surface area contributed by atoms with Crippen molar-refractivity contribution in [2.45, 2.75) is 116 Å². The summed E-state index contributed by atoms with van der Waals surface area (Å²) in [5.74, 6) is 1.69. The Kier molecular flexibility index (Phi) is 8.98. The highest BCUT2D eigenvalue weighted by Gasteiger charge is 2.27. The molecule has 0 aliphatic heterocycles. The Morgan fingerprint density at radius 1 is 0.708 bits per heavy atom.